The van der Waals surface area contributed by atoms with Crippen molar-refractivity contribution in [2.24, 2.45) is 0 Å². The predicted molar refractivity (Wildman–Crippen MR) is 117 cm³/mol. The molecule has 3 rings (SSSR count). The van der Waals surface area contributed by atoms with Gasteiger partial charge in [-0.2, -0.15) is 0 Å². The van der Waals surface area contributed by atoms with Crippen molar-refractivity contribution in [2.75, 3.05) is 0 Å². The number of hydrogen-bond donors (Lipinski definition) is 0. The van der Waals surface area contributed by atoms with Crippen LogP contribution in [0.15, 0.2) is 83.3 Å². The van der Waals surface area contributed by atoms with Crippen LogP contribution in [0, 0.1) is 0 Å². The third-order valence-corrected chi connectivity index (χ3v) is 6.18. The van der Waals surface area contributed by atoms with E-state index in [4.69, 9.17) is 4.43 Å². The third kappa shape index (κ3) is 3.44. The summed E-state index contributed by atoms with van der Waals surface area (Å²) >= 11 is 3.80. The topological polar surface area (TPSA) is 9.23 Å². The first-order valence-electron chi connectivity index (χ1n) is 8.86. The van der Waals surface area contributed by atoms with Gasteiger partial charge in [0.25, 0.3) is 0 Å². The lowest BCUT2D eigenvalue weighted by Gasteiger charge is -2.37. The van der Waals surface area contributed by atoms with Crippen molar-refractivity contribution in [3.05, 3.63) is 106 Å². The number of hydrogen-bond acceptors (Lipinski definition) is 1. The van der Waals surface area contributed by atoms with Crippen LogP contribution < -0.4 is 0 Å². The van der Waals surface area contributed by atoms with Gasteiger partial charge in [0, 0.05) is 10.0 Å². The monoisotopic (exact) mass is 424 g/mol. The number of rotatable bonds is 4. The molecular formula is C23H25BrOSi. The quantitative estimate of drug-likeness (QED) is 0.405. The van der Waals surface area contributed by atoms with E-state index in [1.165, 1.54) is 5.56 Å². The molecule has 3 aromatic rings. The summed E-state index contributed by atoms with van der Waals surface area (Å²) < 4.78 is 7.52. The molecule has 0 saturated carbocycles. The van der Waals surface area contributed by atoms with Gasteiger partial charge in [0.15, 0.2) is 0 Å². The predicted octanol–water partition coefficient (Wildman–Crippen LogP) is 5.34. The molecule has 0 spiro atoms. The van der Waals surface area contributed by atoms with Crippen molar-refractivity contribution < 1.29 is 4.43 Å². The fraction of sp³-hybridized carbons (Fsp3) is 0.217. The second kappa shape index (κ2) is 7.51. The fourth-order valence-electron chi connectivity index (χ4n) is 3.43. The minimum Gasteiger partial charge on any atom is -0.411 e. The maximum atomic E-state index is 6.45. The molecule has 0 N–H and O–H groups in total. The van der Waals surface area contributed by atoms with Gasteiger partial charge in [-0.3, -0.25) is 0 Å². The van der Waals surface area contributed by atoms with E-state index in [0.29, 0.717) is 10.5 Å². The van der Waals surface area contributed by atoms with Crippen LogP contribution in [-0.4, -0.2) is 10.5 Å². The Morgan fingerprint density at radius 3 is 1.65 bits per heavy atom. The normalized spacial score (nSPS) is 12.3. The van der Waals surface area contributed by atoms with Crippen LogP contribution in [0.25, 0.3) is 0 Å². The van der Waals surface area contributed by atoms with Gasteiger partial charge in [0.05, 0.1) is 0 Å². The van der Waals surface area contributed by atoms with Crippen LogP contribution in [-0.2, 0) is 15.4 Å². The lowest BCUT2D eigenvalue weighted by atomic mass is 9.77. The molecule has 0 aliphatic heterocycles. The first kappa shape index (κ1) is 19.1. The Balaban J connectivity index is 2.36. The van der Waals surface area contributed by atoms with E-state index in [1.807, 2.05) is 12.1 Å². The highest BCUT2D eigenvalue weighted by atomic mass is 79.9. The maximum Gasteiger partial charge on any atom is 0.148 e. The molecule has 0 unspecified atom stereocenters. The van der Waals surface area contributed by atoms with Gasteiger partial charge in [0.1, 0.15) is 16.1 Å². The summed E-state index contributed by atoms with van der Waals surface area (Å²) in [6, 6.07) is 27.7. The van der Waals surface area contributed by atoms with Crippen LogP contribution in [0.3, 0.4) is 0 Å². The van der Waals surface area contributed by atoms with Gasteiger partial charge in [-0.05, 0) is 28.2 Å². The molecule has 3 heteroatoms. The lowest BCUT2D eigenvalue weighted by Crippen LogP contribution is -2.33. The number of benzene rings is 3. The molecule has 0 fully saturated rings. The van der Waals surface area contributed by atoms with E-state index >= 15 is 0 Å². The molecule has 0 atom stereocenters. The molecule has 0 aliphatic carbocycles. The Bertz CT molecular complexity index is 830. The molecule has 0 amide bonds. The minimum atomic E-state index is -0.616. The second-order valence-corrected chi connectivity index (χ2v) is 8.82. The summed E-state index contributed by atoms with van der Waals surface area (Å²) in [5.74, 6) is 0. The second-order valence-electron chi connectivity index (χ2n) is 7.56. The van der Waals surface area contributed by atoms with E-state index in [9.17, 15) is 0 Å². The molecular weight excluding hydrogens is 400 g/mol. The summed E-state index contributed by atoms with van der Waals surface area (Å²) in [4.78, 5) is 0. The Morgan fingerprint density at radius 1 is 0.731 bits per heavy atom. The van der Waals surface area contributed by atoms with Crippen LogP contribution >= 0.6 is 15.9 Å². The Hall–Kier alpha value is -1.68. The summed E-state index contributed by atoms with van der Waals surface area (Å²) in [5, 5.41) is 0. The van der Waals surface area contributed by atoms with Crippen molar-refractivity contribution in [2.45, 2.75) is 31.8 Å². The third-order valence-electron chi connectivity index (χ3n) is 4.88. The van der Waals surface area contributed by atoms with Crippen LogP contribution in [0.5, 0.6) is 0 Å². The van der Waals surface area contributed by atoms with E-state index in [0.717, 1.165) is 21.2 Å². The molecule has 1 nitrogen and oxygen atoms in total. The van der Waals surface area contributed by atoms with Crippen molar-refractivity contribution in [1.82, 2.24) is 0 Å². The molecule has 0 heterocycles. The van der Waals surface area contributed by atoms with E-state index < -0.39 is 5.60 Å². The summed E-state index contributed by atoms with van der Waals surface area (Å²) in [7, 11) is 0.615. The van der Waals surface area contributed by atoms with Gasteiger partial charge < -0.3 is 4.43 Å². The van der Waals surface area contributed by atoms with Crippen molar-refractivity contribution in [3.63, 3.8) is 0 Å². The lowest BCUT2D eigenvalue weighted by molar-refractivity contribution is 0.172. The molecule has 0 aromatic heterocycles. The van der Waals surface area contributed by atoms with Gasteiger partial charge >= 0.3 is 0 Å². The molecule has 0 radical (unpaired) electrons. The molecule has 134 valence electrons. The molecule has 0 saturated heterocycles. The molecule has 0 aliphatic rings. The van der Waals surface area contributed by atoms with Gasteiger partial charge in [-0.25, -0.2) is 0 Å². The highest BCUT2D eigenvalue weighted by molar-refractivity contribution is 9.10. The Labute approximate surface area is 168 Å². The van der Waals surface area contributed by atoms with Crippen molar-refractivity contribution in [3.8, 4) is 0 Å². The summed E-state index contributed by atoms with van der Waals surface area (Å²) in [6.07, 6.45) is 0. The first-order chi connectivity index (χ1) is 12.4. The minimum absolute atomic E-state index is 0.0692. The number of halogens is 1. The van der Waals surface area contributed by atoms with Crippen LogP contribution in [0.2, 0.25) is 0 Å². The summed E-state index contributed by atoms with van der Waals surface area (Å²) in [5.41, 5.74) is 4.19. The van der Waals surface area contributed by atoms with Gasteiger partial charge in [0.2, 0.25) is 0 Å². The van der Waals surface area contributed by atoms with Gasteiger partial charge in [-0.1, -0.05) is 109 Å². The maximum absolute atomic E-state index is 6.45. The summed E-state index contributed by atoms with van der Waals surface area (Å²) in [6.45, 7) is 6.73. The Morgan fingerprint density at radius 2 is 1.23 bits per heavy atom. The van der Waals surface area contributed by atoms with Gasteiger partial charge in [-0.15, -0.1) is 0 Å². The largest absolute Gasteiger partial charge is 0.411 e. The fourth-order valence-corrected chi connectivity index (χ4v) is 4.65. The zero-order valence-corrected chi connectivity index (χ0v) is 19.4. The Kier molecular flexibility index (Phi) is 5.52. The molecule has 0 bridgehead atoms. The van der Waals surface area contributed by atoms with E-state index in [-0.39, 0.29) is 5.41 Å². The SMILES string of the molecule is CC(C)(C)c1ccc(Br)c(C(O[SiH3])(c2ccccc2)c2ccccc2)c1. The highest BCUT2D eigenvalue weighted by Gasteiger charge is 2.38. The van der Waals surface area contributed by atoms with Crippen LogP contribution in [0.1, 0.15) is 43.0 Å². The first-order valence-corrected chi connectivity index (χ1v) is 10.5. The van der Waals surface area contributed by atoms with Crippen molar-refractivity contribution >= 4 is 26.4 Å². The zero-order valence-electron chi connectivity index (χ0n) is 15.8. The van der Waals surface area contributed by atoms with Crippen molar-refractivity contribution in [1.29, 1.82) is 0 Å². The molecule has 3 aromatic carbocycles. The molecule has 26 heavy (non-hydrogen) atoms. The smallest absolute Gasteiger partial charge is 0.148 e. The average molecular weight is 425 g/mol. The highest BCUT2D eigenvalue weighted by Crippen LogP contribution is 2.44. The average Bonchev–Trinajstić information content (AvgIpc) is 2.65. The standard InChI is InChI=1S/C23H25BrOSi/c1-22(2,3)19-14-15-21(24)20(16-19)23(25-26,17-10-6-4-7-11-17)18-12-8-5-9-13-18/h4-16H,1-3,26H3. The van der Waals surface area contributed by atoms with E-state index in [1.54, 1.807) is 0 Å². The zero-order chi connectivity index (χ0) is 18.8. The van der Waals surface area contributed by atoms with E-state index in [2.05, 4.69) is 103 Å². The van der Waals surface area contributed by atoms with Crippen LogP contribution in [0.4, 0.5) is 0 Å².